The number of anilines is 2. The van der Waals surface area contributed by atoms with Crippen LogP contribution in [0.15, 0.2) is 18.2 Å². The zero-order valence-corrected chi connectivity index (χ0v) is 9.45. The molecule has 1 aromatic carbocycles. The summed E-state index contributed by atoms with van der Waals surface area (Å²) < 4.78 is 18.4. The topological polar surface area (TPSA) is 38.5 Å². The van der Waals surface area contributed by atoms with Crippen LogP contribution in [0.2, 0.25) is 0 Å². The fourth-order valence-electron chi connectivity index (χ4n) is 2.15. The summed E-state index contributed by atoms with van der Waals surface area (Å²) in [5.74, 6) is 0.207. The first-order valence-corrected chi connectivity index (χ1v) is 5.49. The summed E-state index contributed by atoms with van der Waals surface area (Å²) >= 11 is 0. The van der Waals surface area contributed by atoms with Crippen LogP contribution in [0.3, 0.4) is 0 Å². The Balaban J connectivity index is 2.05. The minimum Gasteiger partial charge on any atom is -0.396 e. The van der Waals surface area contributed by atoms with Crippen molar-refractivity contribution in [1.82, 2.24) is 0 Å². The lowest BCUT2D eigenvalue weighted by atomic mass is 10.1. The molecule has 1 aliphatic rings. The van der Waals surface area contributed by atoms with Crippen molar-refractivity contribution in [3.05, 3.63) is 24.0 Å². The summed E-state index contributed by atoms with van der Waals surface area (Å²) in [5, 5.41) is 0. The van der Waals surface area contributed by atoms with E-state index in [-0.39, 0.29) is 11.5 Å². The Kier molecular flexibility index (Phi) is 3.29. The van der Waals surface area contributed by atoms with Gasteiger partial charge < -0.3 is 15.4 Å². The van der Waals surface area contributed by atoms with Gasteiger partial charge >= 0.3 is 0 Å². The third kappa shape index (κ3) is 2.27. The number of hydrogen-bond donors (Lipinski definition) is 1. The van der Waals surface area contributed by atoms with Gasteiger partial charge in [0.2, 0.25) is 0 Å². The number of benzene rings is 1. The molecule has 2 rings (SSSR count). The van der Waals surface area contributed by atoms with Crippen LogP contribution in [0.1, 0.15) is 6.42 Å². The Hall–Kier alpha value is -1.29. The zero-order chi connectivity index (χ0) is 11.5. The van der Waals surface area contributed by atoms with Gasteiger partial charge in [0.05, 0.1) is 12.3 Å². The van der Waals surface area contributed by atoms with Crippen molar-refractivity contribution in [2.75, 3.05) is 37.4 Å². The number of nitrogens with two attached hydrogens (primary N) is 1. The second-order valence-corrected chi connectivity index (χ2v) is 4.26. The molecule has 88 valence electrons. The zero-order valence-electron chi connectivity index (χ0n) is 9.45. The molecule has 0 spiro atoms. The van der Waals surface area contributed by atoms with Gasteiger partial charge in [-0.15, -0.1) is 0 Å². The predicted octanol–water partition coefficient (Wildman–Crippen LogP) is 1.88. The Labute approximate surface area is 95.0 Å². The van der Waals surface area contributed by atoms with Gasteiger partial charge in [-0.05, 0) is 24.6 Å². The van der Waals surface area contributed by atoms with Crippen molar-refractivity contribution in [2.24, 2.45) is 5.92 Å². The molecule has 0 aliphatic carbocycles. The molecule has 1 aromatic rings. The van der Waals surface area contributed by atoms with E-state index in [0.29, 0.717) is 5.92 Å². The van der Waals surface area contributed by atoms with Crippen molar-refractivity contribution in [2.45, 2.75) is 6.42 Å². The van der Waals surface area contributed by atoms with Gasteiger partial charge in [0.1, 0.15) is 5.82 Å². The highest BCUT2D eigenvalue weighted by Gasteiger charge is 2.22. The fourth-order valence-corrected chi connectivity index (χ4v) is 2.15. The summed E-state index contributed by atoms with van der Waals surface area (Å²) in [6.07, 6.45) is 1.10. The lowest BCUT2D eigenvalue weighted by Crippen LogP contribution is -2.21. The fraction of sp³-hybridized carbons (Fsp3) is 0.500. The Morgan fingerprint density at radius 2 is 2.38 bits per heavy atom. The molecule has 1 atom stereocenters. The minimum atomic E-state index is -0.340. The summed E-state index contributed by atoms with van der Waals surface area (Å²) in [5.41, 5.74) is 6.56. The lowest BCUT2D eigenvalue weighted by molar-refractivity contribution is 0.161. The molecule has 1 fully saturated rings. The highest BCUT2D eigenvalue weighted by molar-refractivity contribution is 5.54. The number of hydrogen-bond acceptors (Lipinski definition) is 3. The number of rotatable bonds is 3. The van der Waals surface area contributed by atoms with E-state index in [1.165, 1.54) is 6.07 Å². The van der Waals surface area contributed by atoms with Crippen LogP contribution in [0.4, 0.5) is 15.8 Å². The Morgan fingerprint density at radius 1 is 1.56 bits per heavy atom. The third-order valence-electron chi connectivity index (χ3n) is 3.04. The Morgan fingerprint density at radius 3 is 3.06 bits per heavy atom. The molecular formula is C12H17FN2O. The van der Waals surface area contributed by atoms with E-state index in [1.54, 1.807) is 13.2 Å². The molecule has 0 amide bonds. The quantitative estimate of drug-likeness (QED) is 0.797. The number of halogens is 1. The van der Waals surface area contributed by atoms with Crippen molar-refractivity contribution < 1.29 is 9.13 Å². The van der Waals surface area contributed by atoms with Gasteiger partial charge in [0, 0.05) is 31.8 Å². The summed E-state index contributed by atoms with van der Waals surface area (Å²) in [7, 11) is 1.71. The van der Waals surface area contributed by atoms with Crippen molar-refractivity contribution in [1.29, 1.82) is 0 Å². The van der Waals surface area contributed by atoms with Gasteiger partial charge in [-0.1, -0.05) is 0 Å². The van der Waals surface area contributed by atoms with E-state index in [2.05, 4.69) is 4.90 Å². The van der Waals surface area contributed by atoms with Crippen molar-refractivity contribution >= 4 is 11.4 Å². The molecule has 0 saturated carbocycles. The van der Waals surface area contributed by atoms with Crippen LogP contribution in [-0.2, 0) is 4.74 Å². The van der Waals surface area contributed by atoms with Gasteiger partial charge in [-0.2, -0.15) is 0 Å². The third-order valence-corrected chi connectivity index (χ3v) is 3.04. The predicted molar refractivity (Wildman–Crippen MR) is 63.0 cm³/mol. The maximum atomic E-state index is 13.3. The Bertz CT molecular complexity index is 370. The van der Waals surface area contributed by atoms with E-state index in [4.69, 9.17) is 10.5 Å². The molecule has 0 aromatic heterocycles. The van der Waals surface area contributed by atoms with Crippen LogP contribution in [0.25, 0.3) is 0 Å². The first-order valence-electron chi connectivity index (χ1n) is 5.49. The standard InChI is InChI=1S/C12H17FN2O/c1-16-8-9-4-5-15(7-9)10-2-3-12(14)11(13)6-10/h2-3,6,9H,4-5,7-8,14H2,1H3/t9-/m0/s1. The first-order chi connectivity index (χ1) is 7.70. The second kappa shape index (κ2) is 4.70. The molecule has 1 heterocycles. The van der Waals surface area contributed by atoms with Gasteiger partial charge in [0.15, 0.2) is 0 Å². The van der Waals surface area contributed by atoms with Crippen LogP contribution >= 0.6 is 0 Å². The van der Waals surface area contributed by atoms with Gasteiger partial charge in [-0.3, -0.25) is 0 Å². The van der Waals surface area contributed by atoms with Crippen LogP contribution in [0, 0.1) is 11.7 Å². The smallest absolute Gasteiger partial charge is 0.148 e. The molecule has 0 radical (unpaired) electrons. The second-order valence-electron chi connectivity index (χ2n) is 4.26. The lowest BCUT2D eigenvalue weighted by Gasteiger charge is -2.19. The molecule has 1 aliphatic heterocycles. The number of ether oxygens (including phenoxy) is 1. The highest BCUT2D eigenvalue weighted by Crippen LogP contribution is 2.26. The van der Waals surface area contributed by atoms with E-state index >= 15 is 0 Å². The molecular weight excluding hydrogens is 207 g/mol. The van der Waals surface area contributed by atoms with E-state index in [0.717, 1.165) is 31.8 Å². The first kappa shape index (κ1) is 11.2. The molecule has 1 saturated heterocycles. The van der Waals surface area contributed by atoms with E-state index < -0.39 is 0 Å². The highest BCUT2D eigenvalue weighted by atomic mass is 19.1. The average molecular weight is 224 g/mol. The monoisotopic (exact) mass is 224 g/mol. The van der Waals surface area contributed by atoms with Crippen LogP contribution in [-0.4, -0.2) is 26.8 Å². The SMILES string of the molecule is COC[C@H]1CCN(c2ccc(N)c(F)c2)C1. The van der Waals surface area contributed by atoms with Gasteiger partial charge in [-0.25, -0.2) is 4.39 Å². The number of nitrogen functional groups attached to an aromatic ring is 1. The average Bonchev–Trinajstić information content (AvgIpc) is 2.71. The van der Waals surface area contributed by atoms with E-state index in [1.807, 2.05) is 6.07 Å². The maximum Gasteiger partial charge on any atom is 0.148 e. The summed E-state index contributed by atoms with van der Waals surface area (Å²) in [6, 6.07) is 4.99. The normalized spacial score (nSPS) is 20.4. The maximum absolute atomic E-state index is 13.3. The van der Waals surface area contributed by atoms with Crippen LogP contribution in [0.5, 0.6) is 0 Å². The molecule has 2 N–H and O–H groups in total. The molecule has 4 heteroatoms. The largest absolute Gasteiger partial charge is 0.396 e. The van der Waals surface area contributed by atoms with Gasteiger partial charge in [0.25, 0.3) is 0 Å². The molecule has 3 nitrogen and oxygen atoms in total. The summed E-state index contributed by atoms with van der Waals surface area (Å²) in [4.78, 5) is 2.17. The molecule has 0 bridgehead atoms. The van der Waals surface area contributed by atoms with Crippen molar-refractivity contribution in [3.8, 4) is 0 Å². The van der Waals surface area contributed by atoms with Crippen molar-refractivity contribution in [3.63, 3.8) is 0 Å². The minimum absolute atomic E-state index is 0.205. The molecule has 16 heavy (non-hydrogen) atoms. The number of methoxy groups -OCH3 is 1. The number of nitrogens with zero attached hydrogens (tertiary/aromatic N) is 1. The summed E-state index contributed by atoms with van der Waals surface area (Å²) in [6.45, 7) is 2.66. The van der Waals surface area contributed by atoms with Crippen LogP contribution < -0.4 is 10.6 Å². The molecule has 0 unspecified atom stereocenters. The van der Waals surface area contributed by atoms with E-state index in [9.17, 15) is 4.39 Å².